The first kappa shape index (κ1) is 17.4. The molecule has 1 aromatic rings. The number of aryl methyl sites for hydroxylation is 1. The predicted molar refractivity (Wildman–Crippen MR) is 104 cm³/mol. The molecule has 4 rings (SSSR count). The number of fused-ring (bicyclic) bond motifs is 3. The Hall–Kier alpha value is -1.02. The topological polar surface area (TPSA) is 12.5 Å². The van der Waals surface area contributed by atoms with Gasteiger partial charge in [-0.3, -0.25) is 0 Å². The Kier molecular flexibility index (Phi) is 4.83. The first-order chi connectivity index (χ1) is 12.1. The van der Waals surface area contributed by atoms with Gasteiger partial charge in [0.05, 0.1) is 6.10 Å². The second-order valence-corrected chi connectivity index (χ2v) is 8.85. The molecule has 0 bridgehead atoms. The molecule has 0 aromatic heterocycles. The Morgan fingerprint density at radius 2 is 2.08 bits per heavy atom. The van der Waals surface area contributed by atoms with Crippen LogP contribution in [-0.4, -0.2) is 30.6 Å². The summed E-state index contributed by atoms with van der Waals surface area (Å²) in [6.45, 7) is 10.8. The van der Waals surface area contributed by atoms with E-state index in [1.807, 2.05) is 0 Å². The van der Waals surface area contributed by atoms with Crippen molar-refractivity contribution >= 4 is 0 Å². The summed E-state index contributed by atoms with van der Waals surface area (Å²) in [7, 11) is 0. The molecule has 1 saturated carbocycles. The number of piperidine rings is 1. The van der Waals surface area contributed by atoms with Crippen LogP contribution in [-0.2, 0) is 11.8 Å². The van der Waals surface area contributed by atoms with E-state index in [4.69, 9.17) is 4.74 Å². The average molecular weight is 342 g/mol. The molecular weight excluding hydrogens is 306 g/mol. The molecule has 3 unspecified atom stereocenters. The van der Waals surface area contributed by atoms with E-state index in [-0.39, 0.29) is 0 Å². The fraction of sp³-hybridized carbons (Fsp3) is 0.739. The third kappa shape index (κ3) is 3.35. The summed E-state index contributed by atoms with van der Waals surface area (Å²) in [5.74, 6) is 2.94. The lowest BCUT2D eigenvalue weighted by Gasteiger charge is -2.51. The molecule has 2 heteroatoms. The van der Waals surface area contributed by atoms with Crippen molar-refractivity contribution in [3.05, 3.63) is 29.3 Å². The van der Waals surface area contributed by atoms with E-state index < -0.39 is 0 Å². The van der Waals surface area contributed by atoms with Crippen LogP contribution in [0.4, 0.5) is 0 Å². The second kappa shape index (κ2) is 6.95. The fourth-order valence-corrected chi connectivity index (χ4v) is 5.33. The number of likely N-dealkylation sites (tertiary alicyclic amines) is 1. The van der Waals surface area contributed by atoms with Crippen LogP contribution in [0.25, 0.3) is 0 Å². The SMILES string of the molecule is CCC(C)Oc1ccc2c(c1)CCC1CN(CC3CC3)CCC21CC. The molecule has 25 heavy (non-hydrogen) atoms. The monoisotopic (exact) mass is 341 g/mol. The third-order valence-corrected chi connectivity index (χ3v) is 7.27. The molecule has 138 valence electrons. The van der Waals surface area contributed by atoms with Crippen LogP contribution in [0.5, 0.6) is 5.75 Å². The highest BCUT2D eigenvalue weighted by Crippen LogP contribution is 2.50. The van der Waals surface area contributed by atoms with Gasteiger partial charge in [0.15, 0.2) is 0 Å². The van der Waals surface area contributed by atoms with Gasteiger partial charge in [-0.1, -0.05) is 19.9 Å². The largest absolute Gasteiger partial charge is 0.491 e. The number of rotatable bonds is 6. The minimum atomic E-state index is 0.306. The zero-order chi connectivity index (χ0) is 17.4. The molecule has 1 aromatic carbocycles. The van der Waals surface area contributed by atoms with Gasteiger partial charge in [0.1, 0.15) is 5.75 Å². The van der Waals surface area contributed by atoms with Crippen molar-refractivity contribution in [1.29, 1.82) is 0 Å². The summed E-state index contributed by atoms with van der Waals surface area (Å²) in [6, 6.07) is 7.01. The van der Waals surface area contributed by atoms with Crippen molar-refractivity contribution in [2.45, 2.75) is 77.2 Å². The van der Waals surface area contributed by atoms with Crippen LogP contribution in [0.2, 0.25) is 0 Å². The van der Waals surface area contributed by atoms with Crippen LogP contribution >= 0.6 is 0 Å². The van der Waals surface area contributed by atoms with E-state index in [1.54, 1.807) is 11.1 Å². The number of nitrogens with zero attached hydrogens (tertiary/aromatic N) is 1. The van der Waals surface area contributed by atoms with Crippen LogP contribution in [0.1, 0.15) is 70.4 Å². The molecular formula is C23H35NO. The van der Waals surface area contributed by atoms with Gasteiger partial charge in [0.25, 0.3) is 0 Å². The normalized spacial score (nSPS) is 30.4. The number of ether oxygens (including phenoxy) is 1. The van der Waals surface area contributed by atoms with E-state index in [9.17, 15) is 0 Å². The van der Waals surface area contributed by atoms with Crippen LogP contribution in [0.3, 0.4) is 0 Å². The van der Waals surface area contributed by atoms with Gasteiger partial charge < -0.3 is 9.64 Å². The number of hydrogen-bond donors (Lipinski definition) is 0. The highest BCUT2D eigenvalue weighted by atomic mass is 16.5. The lowest BCUT2D eigenvalue weighted by Crippen LogP contribution is -2.52. The second-order valence-electron chi connectivity index (χ2n) is 8.85. The predicted octanol–water partition coefficient (Wildman–Crippen LogP) is 5.19. The molecule has 2 aliphatic carbocycles. The van der Waals surface area contributed by atoms with Crippen molar-refractivity contribution in [3.8, 4) is 5.75 Å². The lowest BCUT2D eigenvalue weighted by molar-refractivity contribution is 0.0701. The van der Waals surface area contributed by atoms with Crippen molar-refractivity contribution < 1.29 is 4.74 Å². The van der Waals surface area contributed by atoms with E-state index in [0.29, 0.717) is 11.5 Å². The maximum absolute atomic E-state index is 6.09. The zero-order valence-electron chi connectivity index (χ0n) is 16.4. The maximum Gasteiger partial charge on any atom is 0.119 e. The van der Waals surface area contributed by atoms with E-state index in [1.165, 1.54) is 58.2 Å². The van der Waals surface area contributed by atoms with Gasteiger partial charge in [-0.05, 0) is 93.5 Å². The average Bonchev–Trinajstić information content (AvgIpc) is 3.45. The first-order valence-corrected chi connectivity index (χ1v) is 10.7. The third-order valence-electron chi connectivity index (χ3n) is 7.27. The molecule has 0 spiro atoms. The molecule has 1 heterocycles. The molecule has 2 fully saturated rings. The van der Waals surface area contributed by atoms with E-state index in [0.717, 1.165) is 24.0 Å². The molecule has 0 radical (unpaired) electrons. The van der Waals surface area contributed by atoms with Gasteiger partial charge in [-0.25, -0.2) is 0 Å². The van der Waals surface area contributed by atoms with Crippen LogP contribution in [0, 0.1) is 11.8 Å². The minimum absolute atomic E-state index is 0.306. The molecule has 1 saturated heterocycles. The summed E-state index contributed by atoms with van der Waals surface area (Å²) in [4.78, 5) is 2.78. The molecule has 0 amide bonds. The van der Waals surface area contributed by atoms with Crippen molar-refractivity contribution in [2.24, 2.45) is 11.8 Å². The highest BCUT2D eigenvalue weighted by molar-refractivity contribution is 5.43. The van der Waals surface area contributed by atoms with Crippen LogP contribution in [0.15, 0.2) is 18.2 Å². The zero-order valence-corrected chi connectivity index (χ0v) is 16.4. The van der Waals surface area contributed by atoms with E-state index in [2.05, 4.69) is 43.9 Å². The van der Waals surface area contributed by atoms with E-state index >= 15 is 0 Å². The standard InChI is InChI=1S/C23H35NO/c1-4-17(3)25-21-10-11-22-19(14-21)8-9-20-16-24(15-18-6-7-18)13-12-23(20,22)5-2/h10-11,14,17-18,20H,4-9,12-13,15-16H2,1-3H3. The summed E-state index contributed by atoms with van der Waals surface area (Å²) in [5, 5.41) is 0. The number of benzene rings is 1. The smallest absolute Gasteiger partial charge is 0.119 e. The summed E-state index contributed by atoms with van der Waals surface area (Å²) < 4.78 is 6.09. The Morgan fingerprint density at radius 3 is 2.80 bits per heavy atom. The molecule has 3 atom stereocenters. The van der Waals surface area contributed by atoms with Crippen LogP contribution < -0.4 is 4.74 Å². The van der Waals surface area contributed by atoms with Crippen molar-refractivity contribution in [3.63, 3.8) is 0 Å². The Labute approximate surface area is 153 Å². The van der Waals surface area contributed by atoms with Crippen molar-refractivity contribution in [1.82, 2.24) is 4.90 Å². The quantitative estimate of drug-likeness (QED) is 0.706. The molecule has 2 nitrogen and oxygen atoms in total. The lowest BCUT2D eigenvalue weighted by atomic mass is 9.58. The summed E-state index contributed by atoms with van der Waals surface area (Å²) in [5.41, 5.74) is 3.63. The minimum Gasteiger partial charge on any atom is -0.491 e. The van der Waals surface area contributed by atoms with Gasteiger partial charge in [0.2, 0.25) is 0 Å². The Morgan fingerprint density at radius 1 is 1.24 bits per heavy atom. The van der Waals surface area contributed by atoms with Gasteiger partial charge in [-0.15, -0.1) is 0 Å². The first-order valence-electron chi connectivity index (χ1n) is 10.7. The van der Waals surface area contributed by atoms with Gasteiger partial charge >= 0.3 is 0 Å². The summed E-state index contributed by atoms with van der Waals surface area (Å²) in [6.07, 6.45) is 9.54. The fourth-order valence-electron chi connectivity index (χ4n) is 5.33. The molecule has 3 aliphatic rings. The Bertz CT molecular complexity index is 608. The molecule has 0 N–H and O–H groups in total. The summed E-state index contributed by atoms with van der Waals surface area (Å²) >= 11 is 0. The molecule has 1 aliphatic heterocycles. The maximum atomic E-state index is 6.09. The van der Waals surface area contributed by atoms with Crippen molar-refractivity contribution in [2.75, 3.05) is 19.6 Å². The number of hydrogen-bond acceptors (Lipinski definition) is 2. The Balaban J connectivity index is 1.55. The van der Waals surface area contributed by atoms with Gasteiger partial charge in [-0.2, -0.15) is 0 Å². The van der Waals surface area contributed by atoms with Gasteiger partial charge in [0, 0.05) is 18.5 Å². The highest BCUT2D eigenvalue weighted by Gasteiger charge is 2.46.